The van der Waals surface area contributed by atoms with Crippen molar-refractivity contribution in [2.45, 2.75) is 33.9 Å². The Morgan fingerprint density at radius 3 is 2.58 bits per heavy atom. The molecule has 2 aromatic heterocycles. The first kappa shape index (κ1) is 20.2. The summed E-state index contributed by atoms with van der Waals surface area (Å²) in [7, 11) is 0. The fourth-order valence-electron chi connectivity index (χ4n) is 3.13. The van der Waals surface area contributed by atoms with Crippen molar-refractivity contribution in [3.05, 3.63) is 59.3 Å². The lowest BCUT2D eigenvalue weighted by molar-refractivity contribution is 0.139. The quantitative estimate of drug-likeness (QED) is 0.597. The lowest BCUT2D eigenvalue weighted by Gasteiger charge is -2.12. The van der Waals surface area contributed by atoms with Gasteiger partial charge in [0.1, 0.15) is 5.82 Å². The average Bonchev–Trinajstić information content (AvgIpc) is 2.87. The molecule has 0 fully saturated rings. The second-order valence-electron chi connectivity index (χ2n) is 6.07. The molecule has 0 bridgehead atoms. The van der Waals surface area contributed by atoms with Gasteiger partial charge >= 0.3 is 0 Å². The lowest BCUT2D eigenvalue weighted by atomic mass is 10.1. The van der Waals surface area contributed by atoms with E-state index in [2.05, 4.69) is 34.8 Å². The predicted molar refractivity (Wildman–Crippen MR) is 107 cm³/mol. The molecule has 4 nitrogen and oxygen atoms in total. The van der Waals surface area contributed by atoms with Crippen molar-refractivity contribution in [3.63, 3.8) is 0 Å². The summed E-state index contributed by atoms with van der Waals surface area (Å²) in [5.74, 6) is -0.234. The summed E-state index contributed by atoms with van der Waals surface area (Å²) < 4.78 is 20.9. The van der Waals surface area contributed by atoms with Crippen LogP contribution in [0.4, 0.5) is 10.1 Å². The van der Waals surface area contributed by atoms with E-state index in [4.69, 9.17) is 4.74 Å². The van der Waals surface area contributed by atoms with E-state index < -0.39 is 0 Å². The van der Waals surface area contributed by atoms with Crippen LogP contribution in [0.5, 0.6) is 0 Å². The van der Waals surface area contributed by atoms with Gasteiger partial charge in [0.05, 0.1) is 24.4 Å². The van der Waals surface area contributed by atoms with Crippen LogP contribution in [0.25, 0.3) is 10.9 Å². The van der Waals surface area contributed by atoms with Gasteiger partial charge in [0.25, 0.3) is 0 Å². The van der Waals surface area contributed by atoms with Gasteiger partial charge in [-0.2, -0.15) is 0 Å². The van der Waals surface area contributed by atoms with Crippen molar-refractivity contribution in [3.8, 4) is 0 Å². The second-order valence-corrected chi connectivity index (χ2v) is 6.07. The molecule has 0 saturated heterocycles. The Hall–Kier alpha value is -2.11. The van der Waals surface area contributed by atoms with Crippen LogP contribution in [0, 0.1) is 19.7 Å². The van der Waals surface area contributed by atoms with E-state index in [-0.39, 0.29) is 18.2 Å². The highest BCUT2D eigenvalue weighted by molar-refractivity contribution is 5.87. The SMILES string of the molecule is CCOCCn1c(C)c(C)c2ccnc(CNc3ccc(F)cc3)c21.Cl. The van der Waals surface area contributed by atoms with Gasteiger partial charge in [0.2, 0.25) is 0 Å². The fraction of sp³-hybridized carbons (Fsp3) is 0.350. The number of ether oxygens (including phenoxy) is 1. The molecule has 0 aliphatic heterocycles. The number of benzene rings is 1. The number of halogens is 2. The summed E-state index contributed by atoms with van der Waals surface area (Å²) in [6, 6.07) is 8.45. The van der Waals surface area contributed by atoms with Gasteiger partial charge in [0.15, 0.2) is 0 Å². The number of fused-ring (bicyclic) bond motifs is 1. The molecular formula is C20H25ClFN3O. The van der Waals surface area contributed by atoms with Gasteiger partial charge in [-0.15, -0.1) is 12.4 Å². The van der Waals surface area contributed by atoms with Gasteiger partial charge in [-0.05, 0) is 56.7 Å². The van der Waals surface area contributed by atoms with Crippen LogP contribution in [0.15, 0.2) is 36.5 Å². The summed E-state index contributed by atoms with van der Waals surface area (Å²) in [4.78, 5) is 4.58. The van der Waals surface area contributed by atoms with Crippen molar-refractivity contribution in [1.29, 1.82) is 0 Å². The highest BCUT2D eigenvalue weighted by Crippen LogP contribution is 2.27. The number of rotatable bonds is 7. The minimum absolute atomic E-state index is 0. The number of anilines is 1. The Labute approximate surface area is 159 Å². The summed E-state index contributed by atoms with van der Waals surface area (Å²) in [6.45, 7) is 9.07. The zero-order valence-electron chi connectivity index (χ0n) is 15.4. The topological polar surface area (TPSA) is 39.1 Å². The van der Waals surface area contributed by atoms with E-state index in [1.54, 1.807) is 12.1 Å². The lowest BCUT2D eigenvalue weighted by Crippen LogP contribution is -2.10. The number of nitrogens with zero attached hydrogens (tertiary/aromatic N) is 2. The number of aromatic nitrogens is 2. The highest BCUT2D eigenvalue weighted by Gasteiger charge is 2.15. The molecule has 0 amide bonds. The van der Waals surface area contributed by atoms with Gasteiger partial charge < -0.3 is 14.6 Å². The Morgan fingerprint density at radius 1 is 1.15 bits per heavy atom. The van der Waals surface area contributed by atoms with E-state index in [0.717, 1.165) is 23.4 Å². The minimum Gasteiger partial charge on any atom is -0.380 e. The molecule has 1 aromatic carbocycles. The molecule has 140 valence electrons. The van der Waals surface area contributed by atoms with E-state index in [9.17, 15) is 4.39 Å². The molecule has 0 radical (unpaired) electrons. The first-order chi connectivity index (χ1) is 12.1. The number of hydrogen-bond donors (Lipinski definition) is 1. The second kappa shape index (κ2) is 9.01. The molecule has 3 rings (SSSR count). The molecule has 0 saturated carbocycles. The molecule has 0 aliphatic rings. The van der Waals surface area contributed by atoms with Crippen molar-refractivity contribution >= 4 is 29.0 Å². The maximum atomic E-state index is 13.1. The number of hydrogen-bond acceptors (Lipinski definition) is 3. The zero-order valence-corrected chi connectivity index (χ0v) is 16.2. The highest BCUT2D eigenvalue weighted by atomic mass is 35.5. The largest absolute Gasteiger partial charge is 0.380 e. The van der Waals surface area contributed by atoms with E-state index >= 15 is 0 Å². The Bertz CT molecular complexity index is 862. The van der Waals surface area contributed by atoms with Crippen LogP contribution in [0.1, 0.15) is 23.9 Å². The van der Waals surface area contributed by atoms with Crippen molar-refractivity contribution in [1.82, 2.24) is 9.55 Å². The zero-order chi connectivity index (χ0) is 17.8. The van der Waals surface area contributed by atoms with Crippen molar-refractivity contribution in [2.75, 3.05) is 18.5 Å². The standard InChI is InChI=1S/C20H24FN3O.ClH/c1-4-25-12-11-24-15(3)14(2)18-9-10-22-19(20(18)24)13-23-17-7-5-16(21)6-8-17;/h5-10,23H,4,11-13H2,1-3H3;1H. The van der Waals surface area contributed by atoms with Crippen LogP contribution < -0.4 is 5.32 Å². The Balaban J connectivity index is 0.00000243. The van der Waals surface area contributed by atoms with Gasteiger partial charge in [0, 0.05) is 36.1 Å². The smallest absolute Gasteiger partial charge is 0.123 e. The van der Waals surface area contributed by atoms with Crippen molar-refractivity contribution < 1.29 is 9.13 Å². The molecular weight excluding hydrogens is 353 g/mol. The van der Waals surface area contributed by atoms with Gasteiger partial charge in [-0.25, -0.2) is 4.39 Å². The molecule has 3 aromatic rings. The fourth-order valence-corrected chi connectivity index (χ4v) is 3.13. The van der Waals surface area contributed by atoms with E-state index in [1.807, 2.05) is 13.1 Å². The van der Waals surface area contributed by atoms with Crippen LogP contribution in [-0.4, -0.2) is 22.8 Å². The molecule has 26 heavy (non-hydrogen) atoms. The maximum Gasteiger partial charge on any atom is 0.123 e. The van der Waals surface area contributed by atoms with Crippen LogP contribution in [0.2, 0.25) is 0 Å². The van der Waals surface area contributed by atoms with Crippen LogP contribution >= 0.6 is 12.4 Å². The average molecular weight is 378 g/mol. The number of nitrogens with one attached hydrogen (secondary N) is 1. The van der Waals surface area contributed by atoms with Gasteiger partial charge in [-0.3, -0.25) is 4.98 Å². The molecule has 0 aliphatic carbocycles. The third-order valence-electron chi connectivity index (χ3n) is 4.59. The number of pyridine rings is 1. The summed E-state index contributed by atoms with van der Waals surface area (Å²) in [5, 5.41) is 4.55. The summed E-state index contributed by atoms with van der Waals surface area (Å²) >= 11 is 0. The minimum atomic E-state index is -0.234. The van der Waals surface area contributed by atoms with Crippen LogP contribution in [0.3, 0.4) is 0 Å². The molecule has 1 N–H and O–H groups in total. The number of aryl methyl sites for hydroxylation is 1. The Morgan fingerprint density at radius 2 is 1.88 bits per heavy atom. The summed E-state index contributed by atoms with van der Waals surface area (Å²) in [6.07, 6.45) is 1.85. The first-order valence-corrected chi connectivity index (χ1v) is 8.62. The molecule has 2 heterocycles. The third-order valence-corrected chi connectivity index (χ3v) is 4.59. The third kappa shape index (κ3) is 4.17. The normalized spacial score (nSPS) is 10.8. The molecule has 0 unspecified atom stereocenters. The molecule has 0 spiro atoms. The monoisotopic (exact) mass is 377 g/mol. The van der Waals surface area contributed by atoms with Crippen molar-refractivity contribution in [2.24, 2.45) is 0 Å². The first-order valence-electron chi connectivity index (χ1n) is 8.62. The Kier molecular flexibility index (Phi) is 7.00. The van der Waals surface area contributed by atoms with Crippen LogP contribution in [-0.2, 0) is 17.8 Å². The molecule has 6 heteroatoms. The van der Waals surface area contributed by atoms with E-state index in [1.165, 1.54) is 28.8 Å². The molecule has 0 atom stereocenters. The van der Waals surface area contributed by atoms with E-state index in [0.29, 0.717) is 19.8 Å². The van der Waals surface area contributed by atoms with Gasteiger partial charge in [-0.1, -0.05) is 0 Å². The maximum absolute atomic E-state index is 13.1. The predicted octanol–water partition coefficient (Wildman–Crippen LogP) is 4.86. The summed E-state index contributed by atoms with van der Waals surface area (Å²) in [5.41, 5.74) is 5.52.